The summed E-state index contributed by atoms with van der Waals surface area (Å²) in [7, 11) is 1.82. The van der Waals surface area contributed by atoms with Crippen molar-refractivity contribution in [3.05, 3.63) is 34.9 Å². The third-order valence-corrected chi connectivity index (χ3v) is 5.85. The molecule has 1 fully saturated rings. The van der Waals surface area contributed by atoms with Gasteiger partial charge in [0.15, 0.2) is 5.96 Å². The average Bonchev–Trinajstić information content (AvgIpc) is 2.76. The molecule has 0 amide bonds. The van der Waals surface area contributed by atoms with Crippen molar-refractivity contribution in [2.75, 3.05) is 66.1 Å². The van der Waals surface area contributed by atoms with E-state index in [1.165, 1.54) is 6.42 Å². The highest BCUT2D eigenvalue weighted by Crippen LogP contribution is 2.26. The predicted molar refractivity (Wildman–Crippen MR) is 123 cm³/mol. The lowest BCUT2D eigenvalue weighted by atomic mass is 10.0. The van der Waals surface area contributed by atoms with Gasteiger partial charge in [0.25, 0.3) is 0 Å². The van der Waals surface area contributed by atoms with Crippen LogP contribution in [0.5, 0.6) is 0 Å². The number of benzene rings is 1. The van der Waals surface area contributed by atoms with Gasteiger partial charge in [-0.1, -0.05) is 43.6 Å². The van der Waals surface area contributed by atoms with Crippen molar-refractivity contribution >= 4 is 17.6 Å². The van der Waals surface area contributed by atoms with E-state index in [0.717, 1.165) is 82.0 Å². The summed E-state index contributed by atoms with van der Waals surface area (Å²) in [5, 5.41) is 7.76. The molecule has 1 atom stereocenters. The number of morpholine rings is 1. The van der Waals surface area contributed by atoms with Gasteiger partial charge >= 0.3 is 0 Å². The molecule has 6 nitrogen and oxygen atoms in total. The number of nitrogens with one attached hydrogen (secondary N) is 2. The molecule has 1 heterocycles. The monoisotopic (exact) mass is 423 g/mol. The highest BCUT2D eigenvalue weighted by atomic mass is 35.5. The van der Waals surface area contributed by atoms with Crippen LogP contribution >= 0.6 is 11.6 Å². The summed E-state index contributed by atoms with van der Waals surface area (Å²) >= 11 is 6.50. The van der Waals surface area contributed by atoms with Crippen LogP contribution in [0.25, 0.3) is 0 Å². The van der Waals surface area contributed by atoms with Crippen LogP contribution in [0.3, 0.4) is 0 Å². The zero-order valence-corrected chi connectivity index (χ0v) is 19.0. The summed E-state index contributed by atoms with van der Waals surface area (Å²) in [6.07, 6.45) is 2.31. The fourth-order valence-electron chi connectivity index (χ4n) is 3.75. The molecule has 1 aromatic carbocycles. The van der Waals surface area contributed by atoms with Gasteiger partial charge in [-0.3, -0.25) is 14.8 Å². The summed E-state index contributed by atoms with van der Waals surface area (Å²) in [5.41, 5.74) is 1.16. The Morgan fingerprint density at radius 3 is 2.55 bits per heavy atom. The lowest BCUT2D eigenvalue weighted by Crippen LogP contribution is -2.43. The first-order valence-electron chi connectivity index (χ1n) is 10.9. The first-order valence-corrected chi connectivity index (χ1v) is 11.3. The van der Waals surface area contributed by atoms with Crippen LogP contribution in [0, 0.1) is 0 Å². The molecule has 1 saturated heterocycles. The number of hydrogen-bond donors (Lipinski definition) is 2. The Hall–Kier alpha value is -1.34. The fourth-order valence-corrected chi connectivity index (χ4v) is 4.01. The van der Waals surface area contributed by atoms with E-state index in [2.05, 4.69) is 51.4 Å². The third-order valence-electron chi connectivity index (χ3n) is 5.50. The third kappa shape index (κ3) is 8.13. The first-order chi connectivity index (χ1) is 14.2. The van der Waals surface area contributed by atoms with E-state index in [0.29, 0.717) is 0 Å². The molecule has 0 radical (unpaired) electrons. The molecular weight excluding hydrogens is 386 g/mol. The molecule has 2 rings (SSSR count). The van der Waals surface area contributed by atoms with Gasteiger partial charge in [0.2, 0.25) is 0 Å². The van der Waals surface area contributed by atoms with Crippen molar-refractivity contribution in [1.29, 1.82) is 0 Å². The van der Waals surface area contributed by atoms with Gasteiger partial charge in [0, 0.05) is 38.2 Å². The summed E-state index contributed by atoms with van der Waals surface area (Å²) in [5.74, 6) is 0.848. The SMILES string of the molecule is CCN(CC)C(CNC(=NC)NCCCCN1CCOCC1)c1ccccc1Cl. The van der Waals surface area contributed by atoms with Crippen molar-refractivity contribution in [2.45, 2.75) is 32.7 Å². The predicted octanol–water partition coefficient (Wildman–Crippen LogP) is 3.00. The lowest BCUT2D eigenvalue weighted by Gasteiger charge is -2.31. The van der Waals surface area contributed by atoms with E-state index in [1.807, 2.05) is 19.2 Å². The number of aliphatic imine (C=N–C) groups is 1. The molecule has 0 aliphatic carbocycles. The molecule has 29 heavy (non-hydrogen) atoms. The maximum atomic E-state index is 6.50. The van der Waals surface area contributed by atoms with E-state index in [9.17, 15) is 0 Å². The normalized spacial score (nSPS) is 16.8. The molecule has 0 spiro atoms. The van der Waals surface area contributed by atoms with Crippen LogP contribution in [0.4, 0.5) is 0 Å². The zero-order valence-electron chi connectivity index (χ0n) is 18.3. The highest BCUT2D eigenvalue weighted by Gasteiger charge is 2.20. The van der Waals surface area contributed by atoms with Crippen molar-refractivity contribution in [3.8, 4) is 0 Å². The number of nitrogens with zero attached hydrogens (tertiary/aromatic N) is 3. The molecule has 1 aromatic rings. The van der Waals surface area contributed by atoms with Gasteiger partial charge in [-0.05, 0) is 44.1 Å². The quantitative estimate of drug-likeness (QED) is 0.325. The van der Waals surface area contributed by atoms with E-state index in [-0.39, 0.29) is 6.04 Å². The van der Waals surface area contributed by atoms with Crippen LogP contribution in [-0.4, -0.2) is 81.8 Å². The second-order valence-corrected chi connectivity index (χ2v) is 7.71. The van der Waals surface area contributed by atoms with Gasteiger partial charge in [-0.25, -0.2) is 0 Å². The van der Waals surface area contributed by atoms with Crippen molar-refractivity contribution in [1.82, 2.24) is 20.4 Å². The molecule has 1 unspecified atom stereocenters. The summed E-state index contributed by atoms with van der Waals surface area (Å²) in [6, 6.07) is 8.33. The Balaban J connectivity index is 1.79. The summed E-state index contributed by atoms with van der Waals surface area (Å²) in [6.45, 7) is 13.0. The Morgan fingerprint density at radius 2 is 1.90 bits per heavy atom. The van der Waals surface area contributed by atoms with Crippen molar-refractivity contribution < 1.29 is 4.74 Å². The number of likely N-dealkylation sites (N-methyl/N-ethyl adjacent to an activating group) is 1. The van der Waals surface area contributed by atoms with E-state index in [1.54, 1.807) is 0 Å². The minimum absolute atomic E-state index is 0.207. The molecule has 0 aromatic heterocycles. The van der Waals surface area contributed by atoms with Gasteiger partial charge in [0.05, 0.1) is 19.3 Å². The number of rotatable bonds is 11. The Bertz CT molecular complexity index is 603. The van der Waals surface area contributed by atoms with E-state index >= 15 is 0 Å². The molecule has 1 aliphatic heterocycles. The second-order valence-electron chi connectivity index (χ2n) is 7.30. The van der Waals surface area contributed by atoms with Crippen LogP contribution in [0.2, 0.25) is 5.02 Å². The zero-order chi connectivity index (χ0) is 20.9. The maximum Gasteiger partial charge on any atom is 0.191 e. The number of guanidine groups is 1. The summed E-state index contributed by atoms with van der Waals surface area (Å²) < 4.78 is 5.40. The Labute approximate surface area is 181 Å². The minimum Gasteiger partial charge on any atom is -0.379 e. The largest absolute Gasteiger partial charge is 0.379 e. The highest BCUT2D eigenvalue weighted by molar-refractivity contribution is 6.31. The number of unbranched alkanes of at least 4 members (excludes halogenated alkanes) is 1. The van der Waals surface area contributed by atoms with Gasteiger partial charge in [0.1, 0.15) is 0 Å². The number of halogens is 1. The van der Waals surface area contributed by atoms with Crippen LogP contribution in [-0.2, 0) is 4.74 Å². The van der Waals surface area contributed by atoms with Crippen molar-refractivity contribution in [3.63, 3.8) is 0 Å². The maximum absolute atomic E-state index is 6.50. The van der Waals surface area contributed by atoms with Crippen LogP contribution < -0.4 is 10.6 Å². The molecule has 7 heteroatoms. The topological polar surface area (TPSA) is 52.1 Å². The lowest BCUT2D eigenvalue weighted by molar-refractivity contribution is 0.0372. The van der Waals surface area contributed by atoms with Crippen LogP contribution in [0.1, 0.15) is 38.3 Å². The Kier molecular flexibility index (Phi) is 11.4. The smallest absolute Gasteiger partial charge is 0.191 e. The van der Waals surface area contributed by atoms with Crippen LogP contribution in [0.15, 0.2) is 29.3 Å². The summed E-state index contributed by atoms with van der Waals surface area (Å²) in [4.78, 5) is 9.29. The first kappa shape index (κ1) is 23.9. The number of hydrogen-bond acceptors (Lipinski definition) is 4. The standard InChI is InChI=1S/C22H38ClN5O/c1-4-28(5-2)21(19-10-6-7-11-20(19)23)18-26-22(24-3)25-12-8-9-13-27-14-16-29-17-15-27/h6-7,10-11,21H,4-5,8-9,12-18H2,1-3H3,(H2,24,25,26). The van der Waals surface area contributed by atoms with E-state index < -0.39 is 0 Å². The number of ether oxygens (including phenoxy) is 1. The molecule has 0 saturated carbocycles. The molecule has 2 N–H and O–H groups in total. The second kappa shape index (κ2) is 13.8. The Morgan fingerprint density at radius 1 is 1.17 bits per heavy atom. The minimum atomic E-state index is 0.207. The molecular formula is C22H38ClN5O. The molecule has 0 bridgehead atoms. The molecule has 164 valence electrons. The van der Waals surface area contributed by atoms with Gasteiger partial charge < -0.3 is 15.4 Å². The van der Waals surface area contributed by atoms with Gasteiger partial charge in [-0.2, -0.15) is 0 Å². The fraction of sp³-hybridized carbons (Fsp3) is 0.682. The molecule has 1 aliphatic rings. The van der Waals surface area contributed by atoms with Crippen molar-refractivity contribution in [2.24, 2.45) is 4.99 Å². The van der Waals surface area contributed by atoms with Gasteiger partial charge in [-0.15, -0.1) is 0 Å². The average molecular weight is 424 g/mol. The van der Waals surface area contributed by atoms with E-state index in [4.69, 9.17) is 16.3 Å².